The molecule has 0 aromatic heterocycles. The number of aliphatic hydroxyl groups excluding tert-OH is 1. The second-order valence-electron chi connectivity index (χ2n) is 0.651. The van der Waals surface area contributed by atoms with Gasteiger partial charge in [-0.15, -0.1) is 0 Å². The summed E-state index contributed by atoms with van der Waals surface area (Å²) in [5.41, 5.74) is 0. The van der Waals surface area contributed by atoms with E-state index in [-0.39, 0.29) is 29.6 Å². The predicted octanol–water partition coefficient (Wildman–Crippen LogP) is -5.18. The molecule has 0 radical (unpaired) electrons. The SMILES string of the molecule is [Na+].[O-][P+]([O-])=CCO. The van der Waals surface area contributed by atoms with Crippen molar-refractivity contribution in [2.75, 3.05) is 6.61 Å². The van der Waals surface area contributed by atoms with Crippen LogP contribution >= 0.6 is 8.00 Å². The summed E-state index contributed by atoms with van der Waals surface area (Å²) in [4.78, 5) is 18.8. The van der Waals surface area contributed by atoms with Crippen molar-refractivity contribution in [3.63, 3.8) is 0 Å². The van der Waals surface area contributed by atoms with Crippen molar-refractivity contribution in [2.45, 2.75) is 0 Å². The number of hydrogen-bond acceptors (Lipinski definition) is 3. The molecule has 0 aromatic rings. The molecular formula is C2H4NaO3P. The van der Waals surface area contributed by atoms with E-state index >= 15 is 0 Å². The van der Waals surface area contributed by atoms with Crippen LogP contribution in [0.25, 0.3) is 0 Å². The largest absolute Gasteiger partial charge is 1.00 e. The Morgan fingerprint density at radius 1 is 1.57 bits per heavy atom. The van der Waals surface area contributed by atoms with E-state index in [2.05, 4.69) is 0 Å². The third-order valence-electron chi connectivity index (χ3n) is 0.231. The van der Waals surface area contributed by atoms with E-state index in [4.69, 9.17) is 5.11 Å². The van der Waals surface area contributed by atoms with Gasteiger partial charge in [-0.25, -0.2) is 0 Å². The first-order valence-corrected chi connectivity index (χ1v) is 2.59. The van der Waals surface area contributed by atoms with Crippen molar-refractivity contribution in [2.24, 2.45) is 0 Å². The molecule has 7 heavy (non-hydrogen) atoms. The zero-order valence-electron chi connectivity index (χ0n) is 4.00. The van der Waals surface area contributed by atoms with Crippen molar-refractivity contribution in [3.8, 4) is 0 Å². The molecule has 0 amide bonds. The van der Waals surface area contributed by atoms with Gasteiger partial charge in [-0.05, 0) is 0 Å². The van der Waals surface area contributed by atoms with Crippen LogP contribution in [0.1, 0.15) is 0 Å². The Balaban J connectivity index is 0. The van der Waals surface area contributed by atoms with E-state index in [1.165, 1.54) is 0 Å². The van der Waals surface area contributed by atoms with Gasteiger partial charge >= 0.3 is 29.6 Å². The summed E-state index contributed by atoms with van der Waals surface area (Å²) < 4.78 is 0. The summed E-state index contributed by atoms with van der Waals surface area (Å²) in [7, 11) is -2.48. The first-order chi connectivity index (χ1) is 2.77. The Hall–Kier alpha value is 1.05. The fourth-order valence-electron chi connectivity index (χ4n) is 0.0667. The maximum absolute atomic E-state index is 9.42. The topological polar surface area (TPSA) is 66.3 Å². The number of rotatable bonds is 1. The van der Waals surface area contributed by atoms with Gasteiger partial charge in [0.15, 0.2) is 0 Å². The second kappa shape index (κ2) is 7.05. The third kappa shape index (κ3) is 11.0. The van der Waals surface area contributed by atoms with Gasteiger partial charge in [0, 0.05) is 8.00 Å². The summed E-state index contributed by atoms with van der Waals surface area (Å²) in [5, 5.41) is 7.80. The van der Waals surface area contributed by atoms with E-state index in [1.807, 2.05) is 0 Å². The quantitative estimate of drug-likeness (QED) is 0.285. The average Bonchev–Trinajstić information content (AvgIpc) is 1.35. The molecule has 0 saturated heterocycles. The molecule has 36 valence electrons. The summed E-state index contributed by atoms with van der Waals surface area (Å²) in [6, 6.07) is 0. The van der Waals surface area contributed by atoms with Gasteiger partial charge in [0.2, 0.25) is 0 Å². The Morgan fingerprint density at radius 3 is 2.00 bits per heavy atom. The summed E-state index contributed by atoms with van der Waals surface area (Å²) in [6.45, 7) is -0.390. The first kappa shape index (κ1) is 10.9. The van der Waals surface area contributed by atoms with Crippen LogP contribution in [-0.2, 0) is 0 Å². The Morgan fingerprint density at radius 2 is 2.00 bits per heavy atom. The standard InChI is InChI=1S/C2H5O3P.Na/c3-1-2-6(4)5;/h2-3H,1H2,(H,4,5);/q;+1/p-1. The third-order valence-corrected chi connectivity index (χ3v) is 0.692. The molecule has 0 aliphatic heterocycles. The van der Waals surface area contributed by atoms with E-state index in [0.717, 1.165) is 5.80 Å². The van der Waals surface area contributed by atoms with Gasteiger partial charge in [-0.2, -0.15) is 0 Å². The Kier molecular flexibility index (Phi) is 11.0. The molecule has 0 rings (SSSR count). The van der Waals surface area contributed by atoms with Crippen LogP contribution in [0.4, 0.5) is 0 Å². The molecule has 0 saturated carbocycles. The number of aliphatic hydroxyl groups is 1. The average molecular weight is 130 g/mol. The smallest absolute Gasteiger partial charge is 0.633 e. The normalized spacial score (nSPS) is 6.71. The maximum atomic E-state index is 9.42. The molecule has 0 aliphatic carbocycles. The van der Waals surface area contributed by atoms with Crippen molar-refractivity contribution < 1.29 is 44.5 Å². The van der Waals surface area contributed by atoms with E-state index in [1.54, 1.807) is 0 Å². The van der Waals surface area contributed by atoms with Crippen LogP contribution in [0, 0.1) is 0 Å². The van der Waals surface area contributed by atoms with Crippen LogP contribution in [-0.4, -0.2) is 17.5 Å². The van der Waals surface area contributed by atoms with Gasteiger partial charge in [0.1, 0.15) is 5.80 Å². The van der Waals surface area contributed by atoms with Crippen LogP contribution < -0.4 is 39.3 Å². The van der Waals surface area contributed by atoms with Crippen molar-refractivity contribution in [1.29, 1.82) is 0 Å². The molecule has 0 aromatic carbocycles. The predicted molar refractivity (Wildman–Crippen MR) is 20.1 cm³/mol. The molecule has 0 atom stereocenters. The Bertz CT molecular complexity index is 60.0. The first-order valence-electron chi connectivity index (χ1n) is 1.35. The van der Waals surface area contributed by atoms with Crippen molar-refractivity contribution in [3.05, 3.63) is 0 Å². The minimum absolute atomic E-state index is 0. The van der Waals surface area contributed by atoms with E-state index < -0.39 is 14.6 Å². The molecule has 0 fully saturated rings. The van der Waals surface area contributed by atoms with Crippen molar-refractivity contribution in [1.82, 2.24) is 0 Å². The van der Waals surface area contributed by atoms with Gasteiger partial charge in [-0.1, -0.05) is 0 Å². The Labute approximate surface area is 64.8 Å². The fourth-order valence-corrected chi connectivity index (χ4v) is 0.200. The zero-order valence-corrected chi connectivity index (χ0v) is 6.89. The molecule has 1 N–H and O–H groups in total. The second-order valence-corrected chi connectivity index (χ2v) is 1.59. The van der Waals surface area contributed by atoms with E-state index in [0.29, 0.717) is 0 Å². The van der Waals surface area contributed by atoms with Gasteiger partial charge in [0.25, 0.3) is 0 Å². The monoisotopic (exact) mass is 130 g/mol. The van der Waals surface area contributed by atoms with Crippen LogP contribution in [0.3, 0.4) is 0 Å². The molecule has 3 nitrogen and oxygen atoms in total. The van der Waals surface area contributed by atoms with Crippen LogP contribution in [0.15, 0.2) is 0 Å². The number of hydrogen-bond donors (Lipinski definition) is 1. The molecule has 5 heteroatoms. The van der Waals surface area contributed by atoms with Gasteiger partial charge < -0.3 is 14.9 Å². The van der Waals surface area contributed by atoms with Crippen LogP contribution in [0.2, 0.25) is 0 Å². The maximum Gasteiger partial charge on any atom is 1.00 e. The fraction of sp³-hybridized carbons (Fsp3) is 0.500. The van der Waals surface area contributed by atoms with Gasteiger partial charge in [-0.3, -0.25) is 0 Å². The molecule has 0 heterocycles. The molecule has 0 aliphatic rings. The van der Waals surface area contributed by atoms with Gasteiger partial charge in [0.05, 0.1) is 6.61 Å². The summed E-state index contributed by atoms with van der Waals surface area (Å²) >= 11 is 0. The zero-order chi connectivity index (χ0) is 4.99. The molecule has 0 spiro atoms. The molecule has 0 bridgehead atoms. The minimum atomic E-state index is -2.48. The van der Waals surface area contributed by atoms with Crippen molar-refractivity contribution >= 4 is 13.8 Å². The molecule has 0 unspecified atom stereocenters. The summed E-state index contributed by atoms with van der Waals surface area (Å²) in [6.07, 6.45) is 0. The van der Waals surface area contributed by atoms with E-state index in [9.17, 15) is 9.79 Å². The summed E-state index contributed by atoms with van der Waals surface area (Å²) in [5.74, 6) is 0.801. The molecular weight excluding hydrogens is 126 g/mol. The van der Waals surface area contributed by atoms with Crippen LogP contribution in [0.5, 0.6) is 0 Å². The minimum Gasteiger partial charge on any atom is -0.633 e.